The number of nitrogens with one attached hydrogen (secondary N) is 1. The molecule has 1 N–H and O–H groups in total. The molecule has 3 heterocycles. The molecule has 0 unspecified atom stereocenters. The molecule has 0 saturated carbocycles. The highest BCUT2D eigenvalue weighted by Gasteiger charge is 2.30. The topological polar surface area (TPSA) is 57.2 Å². The molecule has 6 nitrogen and oxygen atoms in total. The van der Waals surface area contributed by atoms with Crippen molar-refractivity contribution < 1.29 is 13.2 Å². The quantitative estimate of drug-likeness (QED) is 0.577. The third kappa shape index (κ3) is 5.03. The van der Waals surface area contributed by atoms with Crippen molar-refractivity contribution in [2.45, 2.75) is 44.9 Å². The summed E-state index contributed by atoms with van der Waals surface area (Å²) in [6.45, 7) is 5.55. The van der Waals surface area contributed by atoms with Gasteiger partial charge in [-0.2, -0.15) is 18.3 Å². The lowest BCUT2D eigenvalue weighted by Crippen LogP contribution is -2.42. The molecule has 1 fully saturated rings. The van der Waals surface area contributed by atoms with Gasteiger partial charge in [0.2, 0.25) is 0 Å². The number of fused-ring (bicyclic) bond motifs is 1. The maximum Gasteiger partial charge on any atom is 0.416 e. The minimum Gasteiger partial charge on any atom is -0.370 e. The zero-order chi connectivity index (χ0) is 23.8. The van der Waals surface area contributed by atoms with Crippen LogP contribution in [0.3, 0.4) is 0 Å². The molecule has 1 atom stereocenters. The Labute approximate surface area is 191 Å². The van der Waals surface area contributed by atoms with E-state index in [2.05, 4.69) is 50.5 Å². The van der Waals surface area contributed by atoms with Crippen LogP contribution in [0.1, 0.15) is 42.6 Å². The Morgan fingerprint density at radius 3 is 2.52 bits per heavy atom. The number of benzene rings is 1. The van der Waals surface area contributed by atoms with Crippen molar-refractivity contribution in [3.05, 3.63) is 53.3 Å². The van der Waals surface area contributed by atoms with Crippen LogP contribution in [0, 0.1) is 6.92 Å². The van der Waals surface area contributed by atoms with Crippen LogP contribution in [0.2, 0.25) is 0 Å². The summed E-state index contributed by atoms with van der Waals surface area (Å²) in [7, 11) is 4.23. The van der Waals surface area contributed by atoms with Crippen LogP contribution in [0.5, 0.6) is 0 Å². The second kappa shape index (κ2) is 9.13. The van der Waals surface area contributed by atoms with E-state index in [4.69, 9.17) is 0 Å². The van der Waals surface area contributed by atoms with E-state index in [-0.39, 0.29) is 0 Å². The Hall–Kier alpha value is -2.94. The molecular weight excluding hydrogens is 429 g/mol. The van der Waals surface area contributed by atoms with Gasteiger partial charge in [0.1, 0.15) is 0 Å². The molecule has 1 aliphatic heterocycles. The fourth-order valence-corrected chi connectivity index (χ4v) is 4.34. The number of nitrogens with zero attached hydrogens (tertiary/aromatic N) is 5. The second-order valence-corrected chi connectivity index (χ2v) is 8.89. The predicted octanol–water partition coefficient (Wildman–Crippen LogP) is 5.06. The van der Waals surface area contributed by atoms with Crippen molar-refractivity contribution in [1.82, 2.24) is 20.1 Å². The molecule has 2 aromatic heterocycles. The van der Waals surface area contributed by atoms with E-state index < -0.39 is 17.8 Å². The molecule has 9 heteroatoms. The Bertz CT molecular complexity index is 1120. The highest BCUT2D eigenvalue weighted by Crippen LogP contribution is 2.33. The highest BCUT2D eigenvalue weighted by molar-refractivity contribution is 5.92. The Balaban J connectivity index is 1.62. The lowest BCUT2D eigenvalue weighted by molar-refractivity contribution is -0.137. The number of alkyl halides is 3. The van der Waals surface area contributed by atoms with E-state index in [1.807, 2.05) is 20.0 Å². The summed E-state index contributed by atoms with van der Waals surface area (Å²) in [6, 6.07) is 7.58. The van der Waals surface area contributed by atoms with Crippen LogP contribution in [-0.2, 0) is 6.18 Å². The number of aryl methyl sites for hydroxylation is 1. The standard InChI is InChI=1S/C24H29F3N6/c1-15(17-6-5-7-18(12-17)24(25,26)27)29-23-21-13-20(14-28-22(21)16(2)30-31-23)33-10-8-19(9-11-33)32(3)4/h5-7,12-15,19H,8-11H2,1-4H3,(H,29,31)/t15-/m1/s1. The lowest BCUT2D eigenvalue weighted by Gasteiger charge is -2.36. The van der Waals surface area contributed by atoms with Crippen molar-refractivity contribution in [3.63, 3.8) is 0 Å². The number of piperidine rings is 1. The van der Waals surface area contributed by atoms with Crippen LogP contribution in [-0.4, -0.2) is 53.3 Å². The van der Waals surface area contributed by atoms with Gasteiger partial charge in [0.05, 0.1) is 34.7 Å². The second-order valence-electron chi connectivity index (χ2n) is 8.89. The van der Waals surface area contributed by atoms with Crippen LogP contribution >= 0.6 is 0 Å². The zero-order valence-corrected chi connectivity index (χ0v) is 19.3. The van der Waals surface area contributed by atoms with Crippen LogP contribution in [0.4, 0.5) is 24.7 Å². The summed E-state index contributed by atoms with van der Waals surface area (Å²) >= 11 is 0. The molecule has 3 aromatic rings. The van der Waals surface area contributed by atoms with Gasteiger partial charge in [0.15, 0.2) is 5.82 Å². The SMILES string of the molecule is Cc1nnc(N[C@H](C)c2cccc(C(F)(F)F)c2)c2cc(N3CCC(N(C)C)CC3)cnc12. The van der Waals surface area contributed by atoms with Crippen molar-refractivity contribution in [2.24, 2.45) is 0 Å². The van der Waals surface area contributed by atoms with E-state index in [0.717, 1.165) is 48.6 Å². The molecule has 1 aliphatic rings. The van der Waals surface area contributed by atoms with Crippen molar-refractivity contribution >= 4 is 22.4 Å². The minimum atomic E-state index is -4.38. The molecule has 1 aromatic carbocycles. The summed E-state index contributed by atoms with van der Waals surface area (Å²) < 4.78 is 39.4. The first-order valence-corrected chi connectivity index (χ1v) is 11.1. The fraction of sp³-hybridized carbons (Fsp3) is 0.458. The van der Waals surface area contributed by atoms with Gasteiger partial charge in [0.25, 0.3) is 0 Å². The molecule has 0 spiro atoms. The lowest BCUT2D eigenvalue weighted by atomic mass is 10.0. The fourth-order valence-electron chi connectivity index (χ4n) is 4.34. The van der Waals surface area contributed by atoms with Gasteiger partial charge < -0.3 is 15.1 Å². The van der Waals surface area contributed by atoms with E-state index in [0.29, 0.717) is 23.1 Å². The monoisotopic (exact) mass is 458 g/mol. The first kappa shape index (κ1) is 23.2. The molecule has 0 radical (unpaired) electrons. The van der Waals surface area contributed by atoms with Crippen molar-refractivity contribution in [1.29, 1.82) is 0 Å². The third-order valence-corrected chi connectivity index (χ3v) is 6.40. The maximum absolute atomic E-state index is 13.1. The highest BCUT2D eigenvalue weighted by atomic mass is 19.4. The van der Waals surface area contributed by atoms with Gasteiger partial charge >= 0.3 is 6.18 Å². The van der Waals surface area contributed by atoms with Gasteiger partial charge in [-0.1, -0.05) is 12.1 Å². The molecule has 0 amide bonds. The van der Waals surface area contributed by atoms with Crippen molar-refractivity contribution in [3.8, 4) is 0 Å². The van der Waals surface area contributed by atoms with Gasteiger partial charge in [-0.25, -0.2) is 0 Å². The number of aromatic nitrogens is 3. The third-order valence-electron chi connectivity index (χ3n) is 6.40. The molecular formula is C24H29F3N6. The maximum atomic E-state index is 13.1. The van der Waals surface area contributed by atoms with Crippen LogP contribution < -0.4 is 10.2 Å². The first-order chi connectivity index (χ1) is 15.6. The van der Waals surface area contributed by atoms with Crippen LogP contribution in [0.15, 0.2) is 36.5 Å². The van der Waals surface area contributed by atoms with Gasteiger partial charge in [0, 0.05) is 24.5 Å². The van der Waals surface area contributed by atoms with Crippen molar-refractivity contribution in [2.75, 3.05) is 37.4 Å². The van der Waals surface area contributed by atoms with E-state index in [1.165, 1.54) is 12.1 Å². The van der Waals surface area contributed by atoms with E-state index in [9.17, 15) is 13.2 Å². The molecule has 4 rings (SSSR count). The van der Waals surface area contributed by atoms with Gasteiger partial charge in [-0.15, -0.1) is 5.10 Å². The minimum absolute atomic E-state index is 0.396. The summed E-state index contributed by atoms with van der Waals surface area (Å²) in [5.41, 5.74) is 2.31. The molecule has 0 bridgehead atoms. The normalized spacial score (nSPS) is 16.4. The van der Waals surface area contributed by atoms with Gasteiger partial charge in [-0.3, -0.25) is 4.98 Å². The summed E-state index contributed by atoms with van der Waals surface area (Å²) in [6.07, 6.45) is -0.356. The molecule has 1 saturated heterocycles. The molecule has 176 valence electrons. The Morgan fingerprint density at radius 1 is 1.12 bits per heavy atom. The summed E-state index contributed by atoms with van der Waals surface area (Å²) in [5.74, 6) is 0.512. The summed E-state index contributed by atoms with van der Waals surface area (Å²) in [5, 5.41) is 12.6. The van der Waals surface area contributed by atoms with Crippen LogP contribution in [0.25, 0.3) is 10.9 Å². The Morgan fingerprint density at radius 2 is 1.85 bits per heavy atom. The van der Waals surface area contributed by atoms with E-state index >= 15 is 0 Å². The smallest absolute Gasteiger partial charge is 0.370 e. The average molecular weight is 459 g/mol. The molecule has 0 aliphatic carbocycles. The Kier molecular flexibility index (Phi) is 6.43. The predicted molar refractivity (Wildman–Crippen MR) is 124 cm³/mol. The zero-order valence-electron chi connectivity index (χ0n) is 19.3. The van der Waals surface area contributed by atoms with E-state index in [1.54, 1.807) is 6.07 Å². The first-order valence-electron chi connectivity index (χ1n) is 11.1. The number of halogens is 3. The number of hydrogen-bond donors (Lipinski definition) is 1. The average Bonchev–Trinajstić information content (AvgIpc) is 2.80. The number of hydrogen-bond acceptors (Lipinski definition) is 6. The van der Waals surface area contributed by atoms with Gasteiger partial charge in [-0.05, 0) is 64.5 Å². The molecule has 33 heavy (non-hydrogen) atoms. The summed E-state index contributed by atoms with van der Waals surface area (Å²) in [4.78, 5) is 9.25. The largest absolute Gasteiger partial charge is 0.416 e. The number of anilines is 2. The number of pyridine rings is 1. The number of rotatable bonds is 5.